The molecule has 0 aliphatic carbocycles. The first kappa shape index (κ1) is 19.3. The van der Waals surface area contributed by atoms with Crippen LogP contribution in [0.15, 0.2) is 61.1 Å². The molecule has 3 aromatic heterocycles. The number of rotatable bonds is 3. The number of aryl methyl sites for hydroxylation is 1. The summed E-state index contributed by atoms with van der Waals surface area (Å²) in [4.78, 5) is 22.5. The number of fused-ring (bicyclic) bond motifs is 1. The fourth-order valence-corrected chi connectivity index (χ4v) is 4.50. The van der Waals surface area contributed by atoms with Crippen molar-refractivity contribution in [3.05, 3.63) is 89.4 Å². The van der Waals surface area contributed by atoms with E-state index in [1.165, 1.54) is 17.7 Å². The predicted octanol–water partition coefficient (Wildman–Crippen LogP) is 5.04. The van der Waals surface area contributed by atoms with Gasteiger partial charge in [-0.3, -0.25) is 9.78 Å². The van der Waals surface area contributed by atoms with Crippen molar-refractivity contribution in [2.75, 3.05) is 13.1 Å². The van der Waals surface area contributed by atoms with E-state index < -0.39 is 0 Å². The molecule has 0 fully saturated rings. The number of aromatic nitrogens is 3. The van der Waals surface area contributed by atoms with E-state index in [-0.39, 0.29) is 11.7 Å². The van der Waals surface area contributed by atoms with Gasteiger partial charge < -0.3 is 14.5 Å². The number of pyridine rings is 1. The van der Waals surface area contributed by atoms with Crippen LogP contribution < -0.4 is 0 Å². The zero-order valence-electron chi connectivity index (χ0n) is 17.5. The highest BCUT2D eigenvalue weighted by atomic mass is 19.1. The van der Waals surface area contributed by atoms with Gasteiger partial charge in [0.2, 0.25) is 0 Å². The molecule has 1 aliphatic heterocycles. The first-order chi connectivity index (χ1) is 15.0. The summed E-state index contributed by atoms with van der Waals surface area (Å²) in [5.41, 5.74) is 6.66. The van der Waals surface area contributed by atoms with Crippen LogP contribution in [0.1, 0.15) is 33.7 Å². The van der Waals surface area contributed by atoms with Gasteiger partial charge in [-0.1, -0.05) is 6.08 Å². The molecule has 0 radical (unpaired) electrons. The van der Waals surface area contributed by atoms with Gasteiger partial charge in [0.15, 0.2) is 0 Å². The summed E-state index contributed by atoms with van der Waals surface area (Å²) >= 11 is 0. The van der Waals surface area contributed by atoms with E-state index in [1.54, 1.807) is 12.4 Å². The van der Waals surface area contributed by atoms with Crippen molar-refractivity contribution in [3.63, 3.8) is 0 Å². The molecule has 31 heavy (non-hydrogen) atoms. The lowest BCUT2D eigenvalue weighted by atomic mass is 9.98. The average molecular weight is 414 g/mol. The lowest BCUT2D eigenvalue weighted by Gasteiger charge is -2.26. The third kappa shape index (κ3) is 3.34. The van der Waals surface area contributed by atoms with Crippen molar-refractivity contribution >= 4 is 22.4 Å². The van der Waals surface area contributed by atoms with Crippen molar-refractivity contribution in [1.82, 2.24) is 19.4 Å². The van der Waals surface area contributed by atoms with Crippen LogP contribution in [0.3, 0.4) is 0 Å². The normalized spacial score (nSPS) is 14.2. The number of nitrogens with one attached hydrogen (secondary N) is 1. The molecule has 1 aromatic carbocycles. The van der Waals surface area contributed by atoms with E-state index in [0.29, 0.717) is 13.1 Å². The second-order valence-electron chi connectivity index (χ2n) is 7.95. The Balaban J connectivity index is 1.39. The minimum atomic E-state index is -0.251. The van der Waals surface area contributed by atoms with Crippen molar-refractivity contribution < 1.29 is 9.18 Å². The van der Waals surface area contributed by atoms with Crippen LogP contribution in [0.4, 0.5) is 4.39 Å². The Bertz CT molecular complexity index is 1320. The standard InChI is InChI=1S/C25H23FN4O/c1-16-12-22(17(2)30(16)20-4-3-9-27-14-20)25(31)29-10-7-18(8-11-29)23-15-28-24-13-19(26)5-6-21(23)24/h3-7,9,12-15,28H,8,10-11H2,1-2H3. The zero-order valence-corrected chi connectivity index (χ0v) is 17.5. The maximum absolute atomic E-state index is 13.5. The Morgan fingerprint density at radius 2 is 2.06 bits per heavy atom. The van der Waals surface area contributed by atoms with Crippen molar-refractivity contribution in [2.24, 2.45) is 0 Å². The molecule has 0 saturated heterocycles. The minimum absolute atomic E-state index is 0.0412. The molecule has 5 nitrogen and oxygen atoms in total. The molecule has 6 heteroatoms. The highest BCUT2D eigenvalue weighted by molar-refractivity contribution is 5.97. The Hall–Kier alpha value is -3.67. The monoisotopic (exact) mass is 414 g/mol. The van der Waals surface area contributed by atoms with Gasteiger partial charge in [0.1, 0.15) is 5.82 Å². The fraction of sp³-hybridized carbons (Fsp3) is 0.200. The predicted molar refractivity (Wildman–Crippen MR) is 120 cm³/mol. The number of nitrogens with zero attached hydrogens (tertiary/aromatic N) is 3. The van der Waals surface area contributed by atoms with Crippen molar-refractivity contribution in [1.29, 1.82) is 0 Å². The molecular weight excluding hydrogens is 391 g/mol. The Morgan fingerprint density at radius 3 is 2.81 bits per heavy atom. The van der Waals surface area contributed by atoms with Gasteiger partial charge in [-0.25, -0.2) is 4.39 Å². The second-order valence-corrected chi connectivity index (χ2v) is 7.95. The van der Waals surface area contributed by atoms with Crippen LogP contribution >= 0.6 is 0 Å². The van der Waals surface area contributed by atoms with Crippen molar-refractivity contribution in [3.8, 4) is 5.69 Å². The molecule has 1 N–H and O–H groups in total. The van der Waals surface area contributed by atoms with Gasteiger partial charge in [0.05, 0.1) is 17.4 Å². The summed E-state index contributed by atoms with van der Waals surface area (Å²) in [6.45, 7) is 5.18. The smallest absolute Gasteiger partial charge is 0.255 e. The number of hydrogen-bond donors (Lipinski definition) is 1. The molecular formula is C25H23FN4O. The van der Waals surface area contributed by atoms with Gasteiger partial charge in [-0.15, -0.1) is 0 Å². The first-order valence-corrected chi connectivity index (χ1v) is 10.4. The van der Waals surface area contributed by atoms with Crippen LogP contribution in [0.2, 0.25) is 0 Å². The molecule has 1 amide bonds. The fourth-order valence-electron chi connectivity index (χ4n) is 4.50. The number of hydrogen-bond acceptors (Lipinski definition) is 2. The molecule has 5 rings (SSSR count). The van der Waals surface area contributed by atoms with Gasteiger partial charge in [0, 0.05) is 53.3 Å². The summed E-state index contributed by atoms with van der Waals surface area (Å²) in [6.07, 6.45) is 8.34. The van der Waals surface area contributed by atoms with Crippen LogP contribution in [0.5, 0.6) is 0 Å². The highest BCUT2D eigenvalue weighted by Gasteiger charge is 2.24. The molecule has 156 valence electrons. The number of amides is 1. The van der Waals surface area contributed by atoms with Gasteiger partial charge >= 0.3 is 0 Å². The topological polar surface area (TPSA) is 53.9 Å². The van der Waals surface area contributed by atoms with Gasteiger partial charge in [-0.05, 0) is 62.2 Å². The SMILES string of the molecule is Cc1cc(C(=O)N2CC=C(c3c[nH]c4cc(F)ccc34)CC2)c(C)n1-c1cccnc1. The average Bonchev–Trinajstić information content (AvgIpc) is 3.33. The van der Waals surface area contributed by atoms with E-state index in [0.717, 1.165) is 45.5 Å². The maximum atomic E-state index is 13.5. The maximum Gasteiger partial charge on any atom is 0.255 e. The quantitative estimate of drug-likeness (QED) is 0.511. The number of carbonyl (C=O) groups is 1. The Kier molecular flexibility index (Phi) is 4.70. The number of benzene rings is 1. The van der Waals surface area contributed by atoms with Gasteiger partial charge in [0.25, 0.3) is 5.91 Å². The summed E-state index contributed by atoms with van der Waals surface area (Å²) in [5.74, 6) is -0.210. The molecule has 4 aromatic rings. The summed E-state index contributed by atoms with van der Waals surface area (Å²) < 4.78 is 15.5. The van der Waals surface area contributed by atoms with E-state index in [2.05, 4.69) is 20.6 Å². The van der Waals surface area contributed by atoms with Crippen LogP contribution in [-0.2, 0) is 0 Å². The summed E-state index contributed by atoms with van der Waals surface area (Å²) in [5, 5.41) is 1.01. The summed E-state index contributed by atoms with van der Waals surface area (Å²) in [7, 11) is 0. The van der Waals surface area contributed by atoms with Crippen LogP contribution in [-0.4, -0.2) is 38.4 Å². The Labute approximate surface area is 179 Å². The van der Waals surface area contributed by atoms with Crippen LogP contribution in [0.25, 0.3) is 22.2 Å². The van der Waals surface area contributed by atoms with Crippen LogP contribution in [0, 0.1) is 19.7 Å². The molecule has 4 heterocycles. The van der Waals surface area contributed by atoms with E-state index in [1.807, 2.05) is 49.2 Å². The second kappa shape index (κ2) is 7.54. The first-order valence-electron chi connectivity index (χ1n) is 10.4. The molecule has 0 saturated carbocycles. The van der Waals surface area contributed by atoms with E-state index in [4.69, 9.17) is 0 Å². The van der Waals surface area contributed by atoms with E-state index in [9.17, 15) is 9.18 Å². The number of aromatic amines is 1. The number of carbonyl (C=O) groups excluding carboxylic acids is 1. The Morgan fingerprint density at radius 1 is 1.19 bits per heavy atom. The van der Waals surface area contributed by atoms with E-state index >= 15 is 0 Å². The summed E-state index contributed by atoms with van der Waals surface area (Å²) in [6, 6.07) is 10.6. The number of H-pyrrole nitrogens is 1. The third-order valence-electron chi connectivity index (χ3n) is 6.05. The minimum Gasteiger partial charge on any atom is -0.360 e. The van der Waals surface area contributed by atoms with Gasteiger partial charge in [-0.2, -0.15) is 0 Å². The lowest BCUT2D eigenvalue weighted by molar-refractivity contribution is 0.0772. The van der Waals surface area contributed by atoms with Crippen molar-refractivity contribution in [2.45, 2.75) is 20.3 Å². The largest absolute Gasteiger partial charge is 0.360 e. The molecule has 0 bridgehead atoms. The lowest BCUT2D eigenvalue weighted by Crippen LogP contribution is -2.34. The zero-order chi connectivity index (χ0) is 21.5. The molecule has 1 aliphatic rings. The molecule has 0 spiro atoms. The number of halogens is 1. The highest BCUT2D eigenvalue weighted by Crippen LogP contribution is 2.30. The molecule has 0 atom stereocenters. The molecule has 0 unspecified atom stereocenters. The third-order valence-corrected chi connectivity index (χ3v) is 6.05.